The fourth-order valence-corrected chi connectivity index (χ4v) is 2.47. The van der Waals surface area contributed by atoms with Gasteiger partial charge in [0.1, 0.15) is 11.8 Å². The molecular weight excluding hydrogens is 346 g/mol. The first-order valence-electron chi connectivity index (χ1n) is 8.84. The lowest BCUT2D eigenvalue weighted by atomic mass is 10.0. The molecule has 2 rings (SSSR count). The van der Waals surface area contributed by atoms with Crippen molar-refractivity contribution in [3.8, 4) is 17.2 Å². The highest BCUT2D eigenvalue weighted by atomic mass is 16.6. The topological polar surface area (TPSA) is 73.9 Å². The van der Waals surface area contributed by atoms with Crippen molar-refractivity contribution in [2.75, 3.05) is 13.7 Å². The minimum atomic E-state index is -0.797. The summed E-state index contributed by atoms with van der Waals surface area (Å²) in [5.74, 6) is 0.392. The molecule has 2 aromatic carbocycles. The van der Waals surface area contributed by atoms with E-state index in [4.69, 9.17) is 14.2 Å². The van der Waals surface area contributed by atoms with Crippen molar-refractivity contribution >= 4 is 11.9 Å². The predicted molar refractivity (Wildman–Crippen MR) is 102 cm³/mol. The fraction of sp³-hybridized carbons (Fsp3) is 0.333. The van der Waals surface area contributed by atoms with Crippen LogP contribution in [0.15, 0.2) is 48.5 Å². The Bertz CT molecular complexity index is 770. The molecule has 0 aliphatic heterocycles. The van der Waals surface area contributed by atoms with E-state index < -0.39 is 12.0 Å². The Morgan fingerprint density at radius 1 is 1.00 bits per heavy atom. The maximum atomic E-state index is 12.6. The molecule has 0 aromatic heterocycles. The Hall–Kier alpha value is -3.02. The third-order valence-corrected chi connectivity index (χ3v) is 3.91. The highest BCUT2D eigenvalue weighted by Crippen LogP contribution is 2.26. The lowest BCUT2D eigenvalue weighted by Crippen LogP contribution is -2.46. The van der Waals surface area contributed by atoms with Gasteiger partial charge in [0.2, 0.25) is 0 Å². The van der Waals surface area contributed by atoms with Gasteiger partial charge in [0.05, 0.1) is 13.7 Å². The molecule has 6 nitrogen and oxygen atoms in total. The Labute approximate surface area is 159 Å². The lowest BCUT2D eigenvalue weighted by molar-refractivity contribution is -0.137. The lowest BCUT2D eigenvalue weighted by Gasteiger charge is -2.21. The minimum Gasteiger partial charge on any atom is -0.494 e. The first-order chi connectivity index (χ1) is 13.0. The Balaban J connectivity index is 2.09. The molecule has 1 N–H and O–H groups in total. The van der Waals surface area contributed by atoms with Crippen LogP contribution in [-0.4, -0.2) is 31.6 Å². The van der Waals surface area contributed by atoms with Gasteiger partial charge >= 0.3 is 5.97 Å². The molecule has 2 aromatic rings. The van der Waals surface area contributed by atoms with Gasteiger partial charge in [0, 0.05) is 5.56 Å². The summed E-state index contributed by atoms with van der Waals surface area (Å²) < 4.78 is 16.0. The van der Waals surface area contributed by atoms with Crippen LogP contribution in [0.4, 0.5) is 0 Å². The third kappa shape index (κ3) is 5.48. The Kier molecular flexibility index (Phi) is 7.23. The van der Waals surface area contributed by atoms with Crippen molar-refractivity contribution in [1.82, 2.24) is 5.32 Å². The summed E-state index contributed by atoms with van der Waals surface area (Å²) >= 11 is 0. The maximum absolute atomic E-state index is 12.6. The molecule has 1 atom stereocenters. The second-order valence-corrected chi connectivity index (χ2v) is 6.22. The molecule has 0 saturated heterocycles. The van der Waals surface area contributed by atoms with E-state index in [2.05, 4.69) is 5.32 Å². The zero-order chi connectivity index (χ0) is 19.8. The highest BCUT2D eigenvalue weighted by Gasteiger charge is 2.27. The molecule has 1 amide bonds. The van der Waals surface area contributed by atoms with E-state index in [0.29, 0.717) is 29.4 Å². The number of hydrogen-bond donors (Lipinski definition) is 1. The van der Waals surface area contributed by atoms with Crippen LogP contribution in [0.25, 0.3) is 0 Å². The molecule has 0 fully saturated rings. The Morgan fingerprint density at radius 2 is 1.63 bits per heavy atom. The van der Waals surface area contributed by atoms with Crippen molar-refractivity contribution in [2.45, 2.75) is 26.8 Å². The molecule has 0 aliphatic carbocycles. The average molecular weight is 371 g/mol. The summed E-state index contributed by atoms with van der Waals surface area (Å²) in [6, 6.07) is 12.8. The number of benzene rings is 2. The molecule has 0 unspecified atom stereocenters. The normalized spacial score (nSPS) is 11.6. The van der Waals surface area contributed by atoms with Gasteiger partial charge in [-0.05, 0) is 49.2 Å². The second kappa shape index (κ2) is 9.62. The van der Waals surface area contributed by atoms with Crippen LogP contribution < -0.4 is 19.5 Å². The molecule has 0 bridgehead atoms. The number of nitrogens with one attached hydrogen (secondary N) is 1. The van der Waals surface area contributed by atoms with Gasteiger partial charge in [-0.15, -0.1) is 0 Å². The van der Waals surface area contributed by atoms with E-state index in [-0.39, 0.29) is 11.8 Å². The van der Waals surface area contributed by atoms with E-state index in [0.717, 1.165) is 0 Å². The zero-order valence-electron chi connectivity index (χ0n) is 16.0. The van der Waals surface area contributed by atoms with Gasteiger partial charge in [-0.3, -0.25) is 4.79 Å². The van der Waals surface area contributed by atoms with Crippen molar-refractivity contribution < 1.29 is 23.8 Å². The summed E-state index contributed by atoms with van der Waals surface area (Å²) in [4.78, 5) is 25.1. The van der Waals surface area contributed by atoms with Gasteiger partial charge < -0.3 is 19.5 Å². The van der Waals surface area contributed by atoms with E-state index in [9.17, 15) is 9.59 Å². The van der Waals surface area contributed by atoms with Crippen LogP contribution in [0, 0.1) is 5.92 Å². The van der Waals surface area contributed by atoms with Crippen molar-refractivity contribution in [2.24, 2.45) is 5.92 Å². The molecule has 0 spiro atoms. The number of hydrogen-bond acceptors (Lipinski definition) is 5. The van der Waals surface area contributed by atoms with Crippen LogP contribution in [-0.2, 0) is 4.79 Å². The number of methoxy groups -OCH3 is 1. The predicted octanol–water partition coefficient (Wildman–Crippen LogP) is 3.45. The van der Waals surface area contributed by atoms with Gasteiger partial charge in [-0.25, -0.2) is 4.79 Å². The van der Waals surface area contributed by atoms with Crippen molar-refractivity contribution in [1.29, 1.82) is 0 Å². The van der Waals surface area contributed by atoms with E-state index >= 15 is 0 Å². The van der Waals surface area contributed by atoms with Gasteiger partial charge in [-0.1, -0.05) is 26.0 Å². The number of ether oxygens (including phenoxy) is 3. The first-order valence-corrected chi connectivity index (χ1v) is 8.84. The van der Waals surface area contributed by atoms with Crippen LogP contribution in [0.5, 0.6) is 17.2 Å². The third-order valence-electron chi connectivity index (χ3n) is 3.91. The highest BCUT2D eigenvalue weighted by molar-refractivity contribution is 5.97. The molecule has 0 saturated carbocycles. The number of carbonyl (C=O) groups is 2. The molecule has 27 heavy (non-hydrogen) atoms. The van der Waals surface area contributed by atoms with E-state index in [1.54, 1.807) is 48.5 Å². The number of amides is 1. The maximum Gasteiger partial charge on any atom is 0.334 e. The SMILES string of the molecule is CCOc1ccc(C(=O)N[C@H](C(=O)Oc2ccccc2OC)C(C)C)cc1. The molecule has 0 radical (unpaired) electrons. The second-order valence-electron chi connectivity index (χ2n) is 6.22. The van der Waals surface area contributed by atoms with Gasteiger partial charge in [-0.2, -0.15) is 0 Å². The summed E-state index contributed by atoms with van der Waals surface area (Å²) in [5, 5.41) is 2.75. The van der Waals surface area contributed by atoms with Crippen molar-refractivity contribution in [3.63, 3.8) is 0 Å². The molecule has 6 heteroatoms. The smallest absolute Gasteiger partial charge is 0.334 e. The molecule has 0 aliphatic rings. The first kappa shape index (κ1) is 20.3. The zero-order valence-corrected chi connectivity index (χ0v) is 16.0. The number of para-hydroxylation sites is 2. The average Bonchev–Trinajstić information content (AvgIpc) is 2.66. The van der Waals surface area contributed by atoms with Crippen molar-refractivity contribution in [3.05, 3.63) is 54.1 Å². The fourth-order valence-electron chi connectivity index (χ4n) is 2.47. The number of rotatable bonds is 8. The molecular formula is C21H25NO5. The largest absolute Gasteiger partial charge is 0.494 e. The summed E-state index contributed by atoms with van der Waals surface area (Å²) in [5.41, 5.74) is 0.439. The quantitative estimate of drug-likeness (QED) is 0.568. The molecule has 0 heterocycles. The number of carbonyl (C=O) groups excluding carboxylic acids is 2. The van der Waals surface area contributed by atoms with Crippen LogP contribution in [0.3, 0.4) is 0 Å². The van der Waals surface area contributed by atoms with E-state index in [1.165, 1.54) is 7.11 Å². The van der Waals surface area contributed by atoms with E-state index in [1.807, 2.05) is 20.8 Å². The van der Waals surface area contributed by atoms with Crippen LogP contribution in [0.1, 0.15) is 31.1 Å². The molecule has 144 valence electrons. The van der Waals surface area contributed by atoms with Crippen LogP contribution in [0.2, 0.25) is 0 Å². The monoisotopic (exact) mass is 371 g/mol. The van der Waals surface area contributed by atoms with Gasteiger partial charge in [0.25, 0.3) is 5.91 Å². The number of esters is 1. The Morgan fingerprint density at radius 3 is 2.19 bits per heavy atom. The summed E-state index contributed by atoms with van der Waals surface area (Å²) in [7, 11) is 1.50. The summed E-state index contributed by atoms with van der Waals surface area (Å²) in [6.07, 6.45) is 0. The standard InChI is InChI=1S/C21H25NO5/c1-5-26-16-12-10-15(11-13-16)20(23)22-19(14(2)3)21(24)27-18-9-7-6-8-17(18)25-4/h6-14,19H,5H2,1-4H3,(H,22,23)/t19-/m0/s1. The minimum absolute atomic E-state index is 0.154. The van der Waals surface area contributed by atoms with Gasteiger partial charge in [0.15, 0.2) is 11.5 Å². The van der Waals surface area contributed by atoms with Crippen LogP contribution >= 0.6 is 0 Å². The summed E-state index contributed by atoms with van der Waals surface area (Å²) in [6.45, 7) is 6.12.